The second kappa shape index (κ2) is 5.05. The van der Waals surface area contributed by atoms with E-state index in [0.717, 1.165) is 38.4 Å². The van der Waals surface area contributed by atoms with Crippen LogP contribution in [0.5, 0.6) is 0 Å². The van der Waals surface area contributed by atoms with Crippen LogP contribution in [0.4, 0.5) is 0 Å². The van der Waals surface area contributed by atoms with Gasteiger partial charge in [0.2, 0.25) is 0 Å². The Hall–Kier alpha value is 0.210. The summed E-state index contributed by atoms with van der Waals surface area (Å²) in [5.74, 6) is 0.463. The first-order valence-corrected chi connectivity index (χ1v) is 5.14. The molecule has 0 unspecified atom stereocenters. The highest BCUT2D eigenvalue weighted by Crippen LogP contribution is 2.24. The lowest BCUT2D eigenvalue weighted by Crippen LogP contribution is -2.24. The van der Waals surface area contributed by atoms with E-state index < -0.39 is 0 Å². The van der Waals surface area contributed by atoms with Gasteiger partial charge in [-0.15, -0.1) is 11.6 Å². The highest BCUT2D eigenvalue weighted by molar-refractivity contribution is 6.17. The van der Waals surface area contributed by atoms with Crippen molar-refractivity contribution in [1.29, 1.82) is 0 Å². The van der Waals surface area contributed by atoms with E-state index in [1.165, 1.54) is 6.42 Å². The zero-order valence-corrected chi connectivity index (χ0v) is 8.40. The normalized spacial score (nSPS) is 21.5. The zero-order valence-electron chi connectivity index (χ0n) is 7.64. The molecule has 0 aliphatic carbocycles. The maximum Gasteiger partial charge on any atom is 0.165 e. The number of hydrogen-bond acceptors (Lipinski definition) is 2. The van der Waals surface area contributed by atoms with E-state index in [9.17, 15) is 0 Å². The van der Waals surface area contributed by atoms with Crippen molar-refractivity contribution in [2.75, 3.05) is 19.1 Å². The summed E-state index contributed by atoms with van der Waals surface area (Å²) in [5, 5.41) is 0. The van der Waals surface area contributed by atoms with Gasteiger partial charge in [-0.1, -0.05) is 6.42 Å². The van der Waals surface area contributed by atoms with Crippen LogP contribution in [-0.2, 0) is 9.47 Å². The highest BCUT2D eigenvalue weighted by atomic mass is 35.5. The van der Waals surface area contributed by atoms with Gasteiger partial charge in [0.15, 0.2) is 5.79 Å². The minimum atomic E-state index is -0.299. The second-order valence-corrected chi connectivity index (χ2v) is 3.71. The van der Waals surface area contributed by atoms with Crippen LogP contribution in [-0.4, -0.2) is 24.9 Å². The van der Waals surface area contributed by atoms with Crippen LogP contribution in [0.25, 0.3) is 0 Å². The monoisotopic (exact) mass is 192 g/mol. The zero-order chi connectivity index (χ0) is 8.86. The molecule has 1 aliphatic heterocycles. The third-order valence-electron chi connectivity index (χ3n) is 2.16. The first kappa shape index (κ1) is 10.3. The second-order valence-electron chi connectivity index (χ2n) is 3.33. The fraction of sp³-hybridized carbons (Fsp3) is 1.00. The molecule has 1 aliphatic rings. The van der Waals surface area contributed by atoms with E-state index in [-0.39, 0.29) is 5.79 Å². The van der Waals surface area contributed by atoms with Crippen LogP contribution in [0.1, 0.15) is 32.6 Å². The predicted molar refractivity (Wildman–Crippen MR) is 49.5 cm³/mol. The average Bonchev–Trinajstić information content (AvgIpc) is 2.47. The van der Waals surface area contributed by atoms with Gasteiger partial charge < -0.3 is 9.47 Å². The van der Waals surface area contributed by atoms with Crippen LogP contribution in [0.3, 0.4) is 0 Å². The minimum Gasteiger partial charge on any atom is -0.348 e. The van der Waals surface area contributed by atoms with Crippen molar-refractivity contribution in [2.45, 2.75) is 38.4 Å². The molecule has 0 spiro atoms. The molecule has 0 radical (unpaired) electrons. The third kappa shape index (κ3) is 3.30. The molecule has 12 heavy (non-hydrogen) atoms. The molecule has 0 aromatic heterocycles. The molecule has 0 atom stereocenters. The molecule has 0 N–H and O–H groups in total. The Morgan fingerprint density at radius 1 is 1.17 bits per heavy atom. The van der Waals surface area contributed by atoms with Crippen LogP contribution in [0, 0.1) is 0 Å². The van der Waals surface area contributed by atoms with Crippen LogP contribution < -0.4 is 0 Å². The molecular formula is C9H17ClO2. The molecule has 72 valence electrons. The first-order valence-electron chi connectivity index (χ1n) is 4.61. The third-order valence-corrected chi connectivity index (χ3v) is 2.43. The minimum absolute atomic E-state index is 0.299. The molecular weight excluding hydrogens is 176 g/mol. The van der Waals surface area contributed by atoms with Crippen molar-refractivity contribution in [1.82, 2.24) is 0 Å². The van der Waals surface area contributed by atoms with E-state index in [1.54, 1.807) is 0 Å². The van der Waals surface area contributed by atoms with Crippen LogP contribution in [0.2, 0.25) is 0 Å². The van der Waals surface area contributed by atoms with Crippen molar-refractivity contribution in [3.05, 3.63) is 0 Å². The fourth-order valence-corrected chi connectivity index (χ4v) is 1.61. The summed E-state index contributed by atoms with van der Waals surface area (Å²) < 4.78 is 10.9. The Balaban J connectivity index is 2.05. The number of alkyl halides is 1. The number of rotatable bonds is 5. The van der Waals surface area contributed by atoms with Gasteiger partial charge in [0.1, 0.15) is 0 Å². The highest BCUT2D eigenvalue weighted by Gasteiger charge is 2.29. The summed E-state index contributed by atoms with van der Waals surface area (Å²) in [5.41, 5.74) is 0. The molecule has 0 amide bonds. The summed E-state index contributed by atoms with van der Waals surface area (Å²) in [4.78, 5) is 0. The van der Waals surface area contributed by atoms with Gasteiger partial charge in [-0.2, -0.15) is 0 Å². The summed E-state index contributed by atoms with van der Waals surface area (Å²) >= 11 is 5.57. The molecule has 0 saturated carbocycles. The Morgan fingerprint density at radius 3 is 2.42 bits per heavy atom. The lowest BCUT2D eigenvalue weighted by atomic mass is 10.1. The number of ether oxygens (including phenoxy) is 2. The summed E-state index contributed by atoms with van der Waals surface area (Å²) in [6.07, 6.45) is 4.40. The van der Waals surface area contributed by atoms with Gasteiger partial charge >= 0.3 is 0 Å². The van der Waals surface area contributed by atoms with E-state index >= 15 is 0 Å². The smallest absolute Gasteiger partial charge is 0.165 e. The van der Waals surface area contributed by atoms with Gasteiger partial charge in [-0.3, -0.25) is 0 Å². The largest absolute Gasteiger partial charge is 0.348 e. The molecule has 2 nitrogen and oxygen atoms in total. The number of unbranched alkanes of at least 4 members (excludes halogenated alkanes) is 2. The first-order chi connectivity index (χ1) is 5.77. The van der Waals surface area contributed by atoms with E-state index in [2.05, 4.69) is 0 Å². The van der Waals surface area contributed by atoms with E-state index in [0.29, 0.717) is 0 Å². The SMILES string of the molecule is CC1(CCCCCCl)OCCO1. The number of hydrogen-bond donors (Lipinski definition) is 0. The van der Waals surface area contributed by atoms with E-state index in [1.807, 2.05) is 6.92 Å². The van der Waals surface area contributed by atoms with Crippen molar-refractivity contribution in [3.63, 3.8) is 0 Å². The molecule has 1 saturated heterocycles. The van der Waals surface area contributed by atoms with Gasteiger partial charge in [-0.05, 0) is 19.8 Å². The molecule has 0 aromatic rings. The molecule has 1 heterocycles. The van der Waals surface area contributed by atoms with E-state index in [4.69, 9.17) is 21.1 Å². The van der Waals surface area contributed by atoms with Gasteiger partial charge in [-0.25, -0.2) is 0 Å². The summed E-state index contributed by atoms with van der Waals surface area (Å²) in [6.45, 7) is 3.50. The van der Waals surface area contributed by atoms with Crippen molar-refractivity contribution < 1.29 is 9.47 Å². The molecule has 0 bridgehead atoms. The number of halogens is 1. The summed E-state index contributed by atoms with van der Waals surface area (Å²) in [7, 11) is 0. The molecule has 3 heteroatoms. The lowest BCUT2D eigenvalue weighted by molar-refractivity contribution is -0.147. The quantitative estimate of drug-likeness (QED) is 0.493. The lowest BCUT2D eigenvalue weighted by Gasteiger charge is -2.21. The molecule has 1 rings (SSSR count). The molecule has 0 aromatic carbocycles. The maximum absolute atomic E-state index is 5.57. The summed E-state index contributed by atoms with van der Waals surface area (Å²) in [6, 6.07) is 0. The standard InChI is InChI=1S/C9H17ClO2/c1-9(11-7-8-12-9)5-3-2-4-6-10/h2-8H2,1H3. The fourth-order valence-electron chi connectivity index (χ4n) is 1.42. The van der Waals surface area contributed by atoms with Crippen LogP contribution in [0.15, 0.2) is 0 Å². The molecule has 1 fully saturated rings. The Morgan fingerprint density at radius 2 is 1.83 bits per heavy atom. The average molecular weight is 193 g/mol. The van der Waals surface area contributed by atoms with Gasteiger partial charge in [0.25, 0.3) is 0 Å². The maximum atomic E-state index is 5.57. The van der Waals surface area contributed by atoms with Crippen molar-refractivity contribution >= 4 is 11.6 Å². The van der Waals surface area contributed by atoms with Crippen molar-refractivity contribution in [2.24, 2.45) is 0 Å². The Kier molecular flexibility index (Phi) is 4.33. The topological polar surface area (TPSA) is 18.5 Å². The predicted octanol–water partition coefficient (Wildman–Crippen LogP) is 2.55. The van der Waals surface area contributed by atoms with Gasteiger partial charge in [0.05, 0.1) is 13.2 Å². The van der Waals surface area contributed by atoms with Gasteiger partial charge in [0, 0.05) is 12.3 Å². The Labute approximate surface area is 79.2 Å². The Bertz CT molecular complexity index is 122. The van der Waals surface area contributed by atoms with Crippen LogP contribution >= 0.6 is 11.6 Å². The van der Waals surface area contributed by atoms with Crippen molar-refractivity contribution in [3.8, 4) is 0 Å².